The summed E-state index contributed by atoms with van der Waals surface area (Å²) in [5.74, 6) is 1.16. The lowest BCUT2D eigenvalue weighted by molar-refractivity contribution is 0.576. The Morgan fingerprint density at radius 3 is 2.59 bits per heavy atom. The fraction of sp³-hybridized carbons (Fsp3) is 0.304. The highest BCUT2D eigenvalue weighted by atomic mass is 127. The summed E-state index contributed by atoms with van der Waals surface area (Å²) in [6.45, 7) is 6.64. The van der Waals surface area contributed by atoms with Crippen LogP contribution in [0.25, 0.3) is 11.1 Å². The van der Waals surface area contributed by atoms with E-state index in [-0.39, 0.29) is 24.0 Å². The number of aliphatic imine (C=N–C) groups is 1. The van der Waals surface area contributed by atoms with E-state index in [0.29, 0.717) is 18.4 Å². The van der Waals surface area contributed by atoms with Gasteiger partial charge >= 0.3 is 0 Å². The van der Waals surface area contributed by atoms with E-state index in [1.165, 1.54) is 22.3 Å². The first-order chi connectivity index (χ1) is 13.6. The highest BCUT2D eigenvalue weighted by Gasteiger charge is 2.05. The van der Waals surface area contributed by atoms with Crippen molar-refractivity contribution in [3.63, 3.8) is 0 Å². The molecule has 0 fully saturated rings. The van der Waals surface area contributed by atoms with Crippen molar-refractivity contribution in [1.29, 1.82) is 0 Å². The molecular weight excluding hydrogens is 473 g/mol. The highest BCUT2D eigenvalue weighted by molar-refractivity contribution is 14.0. The number of guanidine groups is 1. The van der Waals surface area contributed by atoms with Gasteiger partial charge in [-0.05, 0) is 34.6 Å². The van der Waals surface area contributed by atoms with E-state index in [0.717, 1.165) is 19.5 Å². The van der Waals surface area contributed by atoms with Crippen molar-refractivity contribution in [3.8, 4) is 11.1 Å². The van der Waals surface area contributed by atoms with Gasteiger partial charge in [0.2, 0.25) is 0 Å². The lowest BCUT2D eigenvalue weighted by atomic mass is 9.98. The molecule has 0 radical (unpaired) electrons. The van der Waals surface area contributed by atoms with E-state index < -0.39 is 0 Å². The third kappa shape index (κ3) is 7.20. The van der Waals surface area contributed by atoms with Crippen molar-refractivity contribution in [2.24, 2.45) is 16.6 Å². The number of imidazole rings is 1. The van der Waals surface area contributed by atoms with Crippen LogP contribution in [-0.2, 0) is 13.1 Å². The summed E-state index contributed by atoms with van der Waals surface area (Å²) in [6, 6.07) is 17.0. The Bertz CT molecular complexity index is 886. The normalized spacial score (nSPS) is 11.3. The van der Waals surface area contributed by atoms with E-state index in [9.17, 15) is 0 Å². The topological polar surface area (TPSA) is 68.2 Å². The fourth-order valence-electron chi connectivity index (χ4n) is 3.04. The van der Waals surface area contributed by atoms with Crippen molar-refractivity contribution in [2.75, 3.05) is 6.54 Å². The molecule has 0 amide bonds. The maximum absolute atomic E-state index is 6.01. The third-order valence-electron chi connectivity index (χ3n) is 4.65. The molecule has 3 aromatic rings. The number of hydrogen-bond donors (Lipinski definition) is 2. The SMILES string of the molecule is CC(C)CCNC(N)=NCc1ccccc1-c1ccc(Cn2ccnc2)cc1.I. The quantitative estimate of drug-likeness (QED) is 0.267. The molecule has 3 rings (SSSR count). The van der Waals surface area contributed by atoms with Gasteiger partial charge in [-0.15, -0.1) is 24.0 Å². The Labute approximate surface area is 190 Å². The first kappa shape index (κ1) is 22.9. The zero-order chi connectivity index (χ0) is 19.8. The predicted molar refractivity (Wildman–Crippen MR) is 131 cm³/mol. The second-order valence-electron chi connectivity index (χ2n) is 7.40. The van der Waals surface area contributed by atoms with Crippen LogP contribution in [-0.4, -0.2) is 22.1 Å². The monoisotopic (exact) mass is 503 g/mol. The van der Waals surface area contributed by atoms with Crippen LogP contribution >= 0.6 is 24.0 Å². The van der Waals surface area contributed by atoms with E-state index in [1.807, 2.05) is 18.6 Å². The third-order valence-corrected chi connectivity index (χ3v) is 4.65. The summed E-state index contributed by atoms with van der Waals surface area (Å²) in [5.41, 5.74) is 10.8. The average Bonchev–Trinajstić information content (AvgIpc) is 3.20. The molecule has 29 heavy (non-hydrogen) atoms. The van der Waals surface area contributed by atoms with Crippen LogP contribution in [0.3, 0.4) is 0 Å². The summed E-state index contributed by atoms with van der Waals surface area (Å²) in [4.78, 5) is 8.61. The number of halogens is 1. The van der Waals surface area contributed by atoms with Crippen molar-refractivity contribution >= 4 is 29.9 Å². The number of aromatic nitrogens is 2. The molecule has 0 aliphatic rings. The van der Waals surface area contributed by atoms with Crippen LogP contribution in [0.2, 0.25) is 0 Å². The van der Waals surface area contributed by atoms with Crippen molar-refractivity contribution < 1.29 is 0 Å². The van der Waals surface area contributed by atoms with Crippen LogP contribution in [0.15, 0.2) is 72.2 Å². The smallest absolute Gasteiger partial charge is 0.188 e. The van der Waals surface area contributed by atoms with Gasteiger partial charge in [0, 0.05) is 25.5 Å². The zero-order valence-corrected chi connectivity index (χ0v) is 19.4. The Kier molecular flexibility index (Phi) is 9.18. The molecule has 0 saturated heterocycles. The van der Waals surface area contributed by atoms with Gasteiger partial charge in [-0.25, -0.2) is 9.98 Å². The number of rotatable bonds is 8. The molecule has 3 N–H and O–H groups in total. The van der Waals surface area contributed by atoms with Crippen LogP contribution < -0.4 is 11.1 Å². The molecule has 5 nitrogen and oxygen atoms in total. The number of nitrogens with zero attached hydrogens (tertiary/aromatic N) is 3. The first-order valence-electron chi connectivity index (χ1n) is 9.78. The second kappa shape index (κ2) is 11.6. The standard InChI is InChI=1S/C23H29N5.HI/c1-18(2)11-12-26-23(24)27-15-21-5-3-4-6-22(21)20-9-7-19(8-10-20)16-28-14-13-25-17-28;/h3-10,13-14,17-18H,11-12,15-16H2,1-2H3,(H3,24,26,27);1H. The highest BCUT2D eigenvalue weighted by Crippen LogP contribution is 2.25. The largest absolute Gasteiger partial charge is 0.370 e. The molecule has 6 heteroatoms. The van der Waals surface area contributed by atoms with Gasteiger partial charge in [-0.1, -0.05) is 62.4 Å². The summed E-state index contributed by atoms with van der Waals surface area (Å²) in [5, 5.41) is 3.19. The molecule has 1 heterocycles. The van der Waals surface area contributed by atoms with Crippen molar-refractivity contribution in [1.82, 2.24) is 14.9 Å². The van der Waals surface area contributed by atoms with Crippen LogP contribution in [0, 0.1) is 5.92 Å². The Hall–Kier alpha value is -2.35. The molecule has 0 aliphatic heterocycles. The van der Waals surface area contributed by atoms with E-state index in [2.05, 4.69) is 76.2 Å². The maximum Gasteiger partial charge on any atom is 0.188 e. The first-order valence-corrected chi connectivity index (χ1v) is 9.78. The number of nitrogens with one attached hydrogen (secondary N) is 1. The molecule has 0 aliphatic carbocycles. The van der Waals surface area contributed by atoms with E-state index in [4.69, 9.17) is 5.73 Å². The molecule has 154 valence electrons. The van der Waals surface area contributed by atoms with Gasteiger partial charge in [-0.2, -0.15) is 0 Å². The average molecular weight is 503 g/mol. The zero-order valence-electron chi connectivity index (χ0n) is 17.1. The Morgan fingerprint density at radius 1 is 1.14 bits per heavy atom. The molecule has 1 aromatic heterocycles. The summed E-state index contributed by atoms with van der Waals surface area (Å²) in [7, 11) is 0. The minimum Gasteiger partial charge on any atom is -0.370 e. The second-order valence-corrected chi connectivity index (χ2v) is 7.40. The number of benzene rings is 2. The van der Waals surface area contributed by atoms with Gasteiger partial charge in [0.15, 0.2) is 5.96 Å². The molecule has 2 aromatic carbocycles. The maximum atomic E-state index is 6.01. The van der Waals surface area contributed by atoms with Gasteiger partial charge in [0.1, 0.15) is 0 Å². The Balaban J connectivity index is 0.00000300. The van der Waals surface area contributed by atoms with Crippen molar-refractivity contribution in [2.45, 2.75) is 33.4 Å². The molecule has 0 saturated carbocycles. The van der Waals surface area contributed by atoms with Crippen LogP contribution in [0.1, 0.15) is 31.4 Å². The minimum atomic E-state index is 0. The minimum absolute atomic E-state index is 0. The van der Waals surface area contributed by atoms with E-state index in [1.54, 1.807) is 6.20 Å². The van der Waals surface area contributed by atoms with Gasteiger partial charge in [0.05, 0.1) is 12.9 Å². The van der Waals surface area contributed by atoms with Gasteiger partial charge in [-0.3, -0.25) is 0 Å². The lowest BCUT2D eigenvalue weighted by Crippen LogP contribution is -2.32. The Morgan fingerprint density at radius 2 is 1.90 bits per heavy atom. The lowest BCUT2D eigenvalue weighted by Gasteiger charge is -2.11. The number of hydrogen-bond acceptors (Lipinski definition) is 2. The summed E-state index contributed by atoms with van der Waals surface area (Å²) < 4.78 is 2.06. The van der Waals surface area contributed by atoms with E-state index >= 15 is 0 Å². The summed E-state index contributed by atoms with van der Waals surface area (Å²) in [6.07, 6.45) is 6.69. The summed E-state index contributed by atoms with van der Waals surface area (Å²) >= 11 is 0. The van der Waals surface area contributed by atoms with Crippen LogP contribution in [0.4, 0.5) is 0 Å². The molecular formula is C23H30IN5. The van der Waals surface area contributed by atoms with Gasteiger partial charge in [0.25, 0.3) is 0 Å². The van der Waals surface area contributed by atoms with Crippen LogP contribution in [0.5, 0.6) is 0 Å². The van der Waals surface area contributed by atoms with Crippen molar-refractivity contribution in [3.05, 3.63) is 78.4 Å². The molecule has 0 spiro atoms. The fourth-order valence-corrected chi connectivity index (χ4v) is 3.04. The molecule has 0 bridgehead atoms. The molecule has 0 unspecified atom stereocenters. The predicted octanol–water partition coefficient (Wildman–Crippen LogP) is 4.67. The number of nitrogens with two attached hydrogens (primary N) is 1. The molecule has 0 atom stereocenters. The van der Waals surface area contributed by atoms with Gasteiger partial charge < -0.3 is 15.6 Å².